The lowest BCUT2D eigenvalue weighted by atomic mass is 9.83. The van der Waals surface area contributed by atoms with Crippen LogP contribution in [-0.4, -0.2) is 19.3 Å². The molecule has 1 fully saturated rings. The van der Waals surface area contributed by atoms with Gasteiger partial charge < -0.3 is 10.1 Å². The average Bonchev–Trinajstić information content (AvgIpc) is 2.89. The van der Waals surface area contributed by atoms with E-state index in [9.17, 15) is 4.39 Å². The monoisotopic (exact) mass is 293 g/mol. The number of halogens is 1. The molecule has 3 atom stereocenters. The second-order valence-corrected chi connectivity index (χ2v) is 6.16. The predicted molar refractivity (Wildman–Crippen MR) is 85.0 cm³/mol. The molecule has 1 aromatic rings. The topological polar surface area (TPSA) is 21.3 Å². The normalized spacial score (nSPS) is 23.5. The van der Waals surface area contributed by atoms with Crippen LogP contribution in [0.5, 0.6) is 0 Å². The molecule has 0 bridgehead atoms. The Labute approximate surface area is 128 Å². The molecule has 0 aliphatic carbocycles. The van der Waals surface area contributed by atoms with E-state index in [1.807, 2.05) is 13.8 Å². The molecule has 21 heavy (non-hydrogen) atoms. The molecule has 1 aliphatic rings. The maximum atomic E-state index is 13.6. The smallest absolute Gasteiger partial charge is 0.123 e. The number of ether oxygens (including phenoxy) is 1. The van der Waals surface area contributed by atoms with E-state index in [2.05, 4.69) is 19.2 Å². The van der Waals surface area contributed by atoms with Crippen molar-refractivity contribution in [3.63, 3.8) is 0 Å². The van der Waals surface area contributed by atoms with Gasteiger partial charge in [0.1, 0.15) is 5.82 Å². The maximum Gasteiger partial charge on any atom is 0.123 e. The van der Waals surface area contributed by atoms with Gasteiger partial charge in [0, 0.05) is 18.6 Å². The minimum Gasteiger partial charge on any atom is -0.378 e. The fourth-order valence-corrected chi connectivity index (χ4v) is 3.65. The van der Waals surface area contributed by atoms with E-state index in [1.54, 1.807) is 12.1 Å². The van der Waals surface area contributed by atoms with Gasteiger partial charge in [0.2, 0.25) is 0 Å². The molecule has 0 spiro atoms. The number of aryl methyl sites for hydroxylation is 2. The summed E-state index contributed by atoms with van der Waals surface area (Å²) in [4.78, 5) is 0. The van der Waals surface area contributed by atoms with E-state index in [1.165, 1.54) is 5.56 Å². The van der Waals surface area contributed by atoms with Crippen molar-refractivity contribution in [2.75, 3.05) is 13.2 Å². The van der Waals surface area contributed by atoms with Gasteiger partial charge in [0.05, 0.1) is 6.10 Å². The molecule has 0 amide bonds. The van der Waals surface area contributed by atoms with E-state index >= 15 is 0 Å². The molecule has 1 heterocycles. The Kier molecular flexibility index (Phi) is 5.77. The Morgan fingerprint density at radius 2 is 1.95 bits per heavy atom. The van der Waals surface area contributed by atoms with E-state index < -0.39 is 0 Å². The summed E-state index contributed by atoms with van der Waals surface area (Å²) < 4.78 is 19.5. The van der Waals surface area contributed by atoms with Gasteiger partial charge in [-0.1, -0.05) is 13.8 Å². The van der Waals surface area contributed by atoms with Crippen molar-refractivity contribution in [1.82, 2.24) is 5.32 Å². The second-order valence-electron chi connectivity index (χ2n) is 6.16. The lowest BCUT2D eigenvalue weighted by molar-refractivity contribution is 0.0772. The molecule has 2 rings (SSSR count). The zero-order valence-corrected chi connectivity index (χ0v) is 13.7. The Balaban J connectivity index is 2.36. The van der Waals surface area contributed by atoms with Crippen molar-refractivity contribution in [3.8, 4) is 0 Å². The minimum atomic E-state index is -0.141. The largest absolute Gasteiger partial charge is 0.378 e. The van der Waals surface area contributed by atoms with Gasteiger partial charge in [0.15, 0.2) is 0 Å². The highest BCUT2D eigenvalue weighted by atomic mass is 19.1. The van der Waals surface area contributed by atoms with Gasteiger partial charge in [-0.3, -0.25) is 0 Å². The molecule has 3 heteroatoms. The SMILES string of the molecule is CCCNC(c1c(C)cc(F)cc1C)C1CCOC1CC. The van der Waals surface area contributed by atoms with Gasteiger partial charge >= 0.3 is 0 Å². The molecule has 3 unspecified atom stereocenters. The molecular weight excluding hydrogens is 265 g/mol. The van der Waals surface area contributed by atoms with E-state index in [-0.39, 0.29) is 11.9 Å². The molecular formula is C18H28FNO. The fourth-order valence-electron chi connectivity index (χ4n) is 3.65. The van der Waals surface area contributed by atoms with Crippen LogP contribution in [0.2, 0.25) is 0 Å². The summed E-state index contributed by atoms with van der Waals surface area (Å²) in [5.41, 5.74) is 3.35. The number of nitrogens with one attached hydrogen (secondary N) is 1. The van der Waals surface area contributed by atoms with Crippen molar-refractivity contribution in [2.24, 2.45) is 5.92 Å². The van der Waals surface area contributed by atoms with Crippen molar-refractivity contribution in [3.05, 3.63) is 34.6 Å². The molecule has 0 radical (unpaired) electrons. The van der Waals surface area contributed by atoms with Gasteiger partial charge in [-0.05, 0) is 68.5 Å². The Bertz CT molecular complexity index is 451. The molecule has 1 saturated heterocycles. The zero-order valence-electron chi connectivity index (χ0n) is 13.7. The molecule has 1 aliphatic heterocycles. The van der Waals surface area contributed by atoms with Crippen molar-refractivity contribution >= 4 is 0 Å². The number of hydrogen-bond donors (Lipinski definition) is 1. The van der Waals surface area contributed by atoms with Crippen LogP contribution in [0.4, 0.5) is 4.39 Å². The summed E-state index contributed by atoms with van der Waals surface area (Å²) in [5, 5.41) is 3.69. The van der Waals surface area contributed by atoms with Crippen molar-refractivity contribution in [1.29, 1.82) is 0 Å². The summed E-state index contributed by atoms with van der Waals surface area (Å²) in [6.45, 7) is 10.2. The van der Waals surface area contributed by atoms with Gasteiger partial charge in [-0.25, -0.2) is 4.39 Å². The van der Waals surface area contributed by atoms with Gasteiger partial charge in [-0.2, -0.15) is 0 Å². The summed E-state index contributed by atoms with van der Waals surface area (Å²) >= 11 is 0. The first-order chi connectivity index (χ1) is 10.1. The predicted octanol–water partition coefficient (Wildman–Crippen LogP) is 4.30. The number of rotatable bonds is 6. The average molecular weight is 293 g/mol. The van der Waals surface area contributed by atoms with Crippen molar-refractivity contribution < 1.29 is 9.13 Å². The summed E-state index contributed by atoms with van der Waals surface area (Å²) in [6.07, 6.45) is 3.52. The standard InChI is InChI=1S/C18H28FNO/c1-5-8-20-18(15-7-9-21-16(15)6-2)17-12(3)10-14(19)11-13(17)4/h10-11,15-16,18,20H,5-9H2,1-4H3. The highest BCUT2D eigenvalue weighted by Gasteiger charge is 2.35. The lowest BCUT2D eigenvalue weighted by Gasteiger charge is -2.31. The van der Waals surface area contributed by atoms with Crippen LogP contribution >= 0.6 is 0 Å². The fraction of sp³-hybridized carbons (Fsp3) is 0.667. The molecule has 118 valence electrons. The minimum absolute atomic E-state index is 0.141. The first kappa shape index (κ1) is 16.4. The highest BCUT2D eigenvalue weighted by molar-refractivity contribution is 5.37. The van der Waals surface area contributed by atoms with E-state index in [0.717, 1.165) is 43.5 Å². The molecule has 0 saturated carbocycles. The third kappa shape index (κ3) is 3.64. The van der Waals surface area contributed by atoms with Crippen molar-refractivity contribution in [2.45, 2.75) is 59.1 Å². The van der Waals surface area contributed by atoms with Gasteiger partial charge in [-0.15, -0.1) is 0 Å². The molecule has 2 nitrogen and oxygen atoms in total. The van der Waals surface area contributed by atoms with Crippen LogP contribution in [0.3, 0.4) is 0 Å². The molecule has 1 N–H and O–H groups in total. The third-order valence-electron chi connectivity index (χ3n) is 4.57. The third-order valence-corrected chi connectivity index (χ3v) is 4.57. The molecule has 1 aromatic carbocycles. The van der Waals surface area contributed by atoms with E-state index in [0.29, 0.717) is 12.0 Å². The van der Waals surface area contributed by atoms with Crippen LogP contribution in [0, 0.1) is 25.6 Å². The van der Waals surface area contributed by atoms with E-state index in [4.69, 9.17) is 4.74 Å². The zero-order chi connectivity index (χ0) is 15.4. The summed E-state index contributed by atoms with van der Waals surface area (Å²) in [6, 6.07) is 3.57. The molecule has 0 aromatic heterocycles. The Morgan fingerprint density at radius 3 is 2.52 bits per heavy atom. The maximum absolute atomic E-state index is 13.6. The second kappa shape index (κ2) is 7.37. The van der Waals surface area contributed by atoms with Crippen LogP contribution in [-0.2, 0) is 4.74 Å². The lowest BCUT2D eigenvalue weighted by Crippen LogP contribution is -2.34. The first-order valence-electron chi connectivity index (χ1n) is 8.20. The number of benzene rings is 1. The highest BCUT2D eigenvalue weighted by Crippen LogP contribution is 2.37. The van der Waals surface area contributed by atoms with Crippen LogP contribution in [0.1, 0.15) is 55.8 Å². The summed E-state index contributed by atoms with van der Waals surface area (Å²) in [5.74, 6) is 0.335. The number of hydrogen-bond acceptors (Lipinski definition) is 2. The quantitative estimate of drug-likeness (QED) is 0.844. The van der Waals surface area contributed by atoms with Crippen LogP contribution < -0.4 is 5.32 Å². The van der Waals surface area contributed by atoms with Gasteiger partial charge in [0.25, 0.3) is 0 Å². The first-order valence-corrected chi connectivity index (χ1v) is 8.20. The Morgan fingerprint density at radius 1 is 1.29 bits per heavy atom. The van der Waals surface area contributed by atoms with Crippen LogP contribution in [0.15, 0.2) is 12.1 Å². The van der Waals surface area contributed by atoms with Crippen LogP contribution in [0.25, 0.3) is 0 Å². The Hall–Kier alpha value is -0.930. The summed E-state index contributed by atoms with van der Waals surface area (Å²) in [7, 11) is 0.